The zero-order valence-electron chi connectivity index (χ0n) is 32.8. The number of carbonyl (C=O) groups excluding carboxylic acids is 1. The summed E-state index contributed by atoms with van der Waals surface area (Å²) in [6, 6.07) is 3.92. The van der Waals surface area contributed by atoms with Crippen LogP contribution in [0.2, 0.25) is 0 Å². The van der Waals surface area contributed by atoms with Crippen molar-refractivity contribution in [3.05, 3.63) is 35.4 Å². The summed E-state index contributed by atoms with van der Waals surface area (Å²) in [6.07, 6.45) is 7.74. The third-order valence-electron chi connectivity index (χ3n) is 17.5. The topological polar surface area (TPSA) is 80.7 Å². The van der Waals surface area contributed by atoms with Crippen molar-refractivity contribution in [2.45, 2.75) is 136 Å². The SMILES string of the molecule is CC(=O)N(Cc1cc(F)cc(F)c1)CC1C[C@@H](C)[C@H]2C(O1)[C@H](O)[C@@]1(C)C3CC[C@H]4C(C)(C)[C@@H](OC5CN(C6COC6)CCO5)CC[C@@]45CC35CC[C@]21C. The molecule has 9 rings (SSSR count). The molecule has 5 unspecified atom stereocenters. The van der Waals surface area contributed by atoms with E-state index in [0.717, 1.165) is 64.5 Å². The lowest BCUT2D eigenvalue weighted by Crippen LogP contribution is -2.60. The Labute approximate surface area is 314 Å². The molecular formula is C43H62F2N2O6. The molecule has 13 atom stereocenters. The van der Waals surface area contributed by atoms with Gasteiger partial charge in [-0.1, -0.05) is 34.6 Å². The lowest BCUT2D eigenvalue weighted by Gasteiger charge is -2.64. The van der Waals surface area contributed by atoms with Crippen molar-refractivity contribution in [2.24, 2.45) is 50.7 Å². The first-order valence-electron chi connectivity index (χ1n) is 20.8. The van der Waals surface area contributed by atoms with E-state index in [1.807, 2.05) is 0 Å². The van der Waals surface area contributed by atoms with Crippen molar-refractivity contribution in [2.75, 3.05) is 39.5 Å². The summed E-state index contributed by atoms with van der Waals surface area (Å²) < 4.78 is 53.6. The number of amides is 1. The minimum atomic E-state index is -0.651. The van der Waals surface area contributed by atoms with Gasteiger partial charge in [0.05, 0.1) is 56.8 Å². The van der Waals surface area contributed by atoms with Crippen molar-refractivity contribution in [1.29, 1.82) is 0 Å². The van der Waals surface area contributed by atoms with Gasteiger partial charge >= 0.3 is 0 Å². The standard InChI is InChI=1S/C43H62F2N2O6/c1-25-15-31(20-47(26(2)48)19-27-16-28(44)18-29(45)17-27)52-37-36(25)40(5)11-12-43-24-42(43)10-9-34(53-35-21-46(13-14-51-35)30-22-50-23-30)39(3,4)32(42)7-8-33(43)41(40,6)38(37)49/h16-18,25,30-38,49H,7-15,19-24H2,1-6H3/t25-,31?,32+,33?,34+,35?,36+,37?,38+,40-,41-,42-,43?/m1/s1. The van der Waals surface area contributed by atoms with E-state index in [1.54, 1.807) is 4.90 Å². The fourth-order valence-electron chi connectivity index (χ4n) is 14.9. The summed E-state index contributed by atoms with van der Waals surface area (Å²) in [7, 11) is 0. The lowest BCUT2D eigenvalue weighted by molar-refractivity contribution is -0.256. The second-order valence-corrected chi connectivity index (χ2v) is 19.9. The number of nitrogens with zero attached hydrogens (tertiary/aromatic N) is 2. The Bertz CT molecular complexity index is 1590. The van der Waals surface area contributed by atoms with E-state index in [0.29, 0.717) is 47.9 Å². The molecular weight excluding hydrogens is 678 g/mol. The molecule has 8 aliphatic rings. The van der Waals surface area contributed by atoms with E-state index < -0.39 is 17.7 Å². The molecule has 1 aromatic rings. The predicted octanol–water partition coefficient (Wildman–Crippen LogP) is 6.57. The summed E-state index contributed by atoms with van der Waals surface area (Å²) in [6.45, 7) is 18.2. The number of morpholine rings is 1. The maximum absolute atomic E-state index is 14.0. The number of rotatable bonds is 7. The first-order chi connectivity index (χ1) is 25.1. The molecule has 294 valence electrons. The molecule has 0 radical (unpaired) electrons. The number of fused-ring (bicyclic) bond motifs is 4. The van der Waals surface area contributed by atoms with Crippen LogP contribution in [-0.2, 0) is 30.3 Å². The van der Waals surface area contributed by atoms with Gasteiger partial charge in [0.25, 0.3) is 0 Å². The fraction of sp³-hybridized carbons (Fsp3) is 0.837. The molecule has 3 aliphatic heterocycles. The minimum absolute atomic E-state index is 0.0343. The second-order valence-electron chi connectivity index (χ2n) is 19.9. The molecule has 3 heterocycles. The predicted molar refractivity (Wildman–Crippen MR) is 194 cm³/mol. The van der Waals surface area contributed by atoms with Gasteiger partial charge in [0.1, 0.15) is 11.6 Å². The zero-order chi connectivity index (χ0) is 37.3. The molecule has 3 saturated heterocycles. The first kappa shape index (κ1) is 36.9. The van der Waals surface area contributed by atoms with Crippen molar-refractivity contribution in [3.63, 3.8) is 0 Å². The fourth-order valence-corrected chi connectivity index (χ4v) is 14.9. The zero-order valence-corrected chi connectivity index (χ0v) is 32.8. The van der Waals surface area contributed by atoms with Gasteiger partial charge in [-0.3, -0.25) is 9.69 Å². The van der Waals surface area contributed by atoms with Gasteiger partial charge in [0.2, 0.25) is 5.91 Å². The Kier molecular flexibility index (Phi) is 8.82. The number of halogens is 2. The van der Waals surface area contributed by atoms with Crippen LogP contribution in [0, 0.1) is 62.4 Å². The number of hydrogen-bond acceptors (Lipinski definition) is 7. The van der Waals surface area contributed by atoms with E-state index >= 15 is 0 Å². The molecule has 8 nitrogen and oxygen atoms in total. The van der Waals surface area contributed by atoms with Gasteiger partial charge < -0.3 is 29.0 Å². The molecule has 2 spiro atoms. The number of benzene rings is 1. The van der Waals surface area contributed by atoms with E-state index in [-0.39, 0.29) is 64.6 Å². The molecule has 10 heteroatoms. The Morgan fingerprint density at radius 2 is 1.74 bits per heavy atom. The third kappa shape index (κ3) is 5.34. The smallest absolute Gasteiger partial charge is 0.219 e. The number of hydrogen-bond donors (Lipinski definition) is 1. The summed E-state index contributed by atoms with van der Waals surface area (Å²) in [4.78, 5) is 16.9. The van der Waals surface area contributed by atoms with Crippen LogP contribution in [0.1, 0.15) is 98.5 Å². The molecule has 5 aliphatic carbocycles. The molecule has 5 saturated carbocycles. The van der Waals surface area contributed by atoms with E-state index in [9.17, 15) is 18.7 Å². The minimum Gasteiger partial charge on any atom is -0.390 e. The van der Waals surface area contributed by atoms with Crippen molar-refractivity contribution >= 4 is 5.91 Å². The summed E-state index contributed by atoms with van der Waals surface area (Å²) in [5.41, 5.74) is 0.665. The van der Waals surface area contributed by atoms with Crippen LogP contribution in [0.4, 0.5) is 8.78 Å². The Balaban J connectivity index is 0.918. The van der Waals surface area contributed by atoms with Crippen LogP contribution < -0.4 is 0 Å². The Morgan fingerprint density at radius 3 is 2.43 bits per heavy atom. The van der Waals surface area contributed by atoms with Gasteiger partial charge in [-0.15, -0.1) is 0 Å². The molecule has 8 fully saturated rings. The van der Waals surface area contributed by atoms with Crippen LogP contribution in [0.15, 0.2) is 18.2 Å². The van der Waals surface area contributed by atoms with Crippen LogP contribution in [0.25, 0.3) is 0 Å². The highest BCUT2D eigenvalue weighted by atomic mass is 19.1. The van der Waals surface area contributed by atoms with Crippen molar-refractivity contribution in [1.82, 2.24) is 9.80 Å². The number of carbonyl (C=O) groups is 1. The third-order valence-corrected chi connectivity index (χ3v) is 17.5. The van der Waals surface area contributed by atoms with Crippen molar-refractivity contribution < 1.29 is 37.6 Å². The van der Waals surface area contributed by atoms with Crippen LogP contribution in [0.3, 0.4) is 0 Å². The highest BCUT2D eigenvalue weighted by Crippen LogP contribution is 2.89. The van der Waals surface area contributed by atoms with Gasteiger partial charge in [-0.2, -0.15) is 0 Å². The first-order valence-corrected chi connectivity index (χ1v) is 20.8. The molecule has 1 aromatic carbocycles. The highest BCUT2D eigenvalue weighted by molar-refractivity contribution is 5.73. The van der Waals surface area contributed by atoms with E-state index in [4.69, 9.17) is 18.9 Å². The van der Waals surface area contributed by atoms with Crippen LogP contribution in [0.5, 0.6) is 0 Å². The van der Waals surface area contributed by atoms with Gasteiger partial charge in [0, 0.05) is 38.0 Å². The number of aliphatic hydroxyl groups excluding tert-OH is 1. The van der Waals surface area contributed by atoms with Gasteiger partial charge in [-0.05, 0) is 114 Å². The lowest BCUT2D eigenvalue weighted by atomic mass is 9.41. The largest absolute Gasteiger partial charge is 0.390 e. The van der Waals surface area contributed by atoms with Crippen LogP contribution >= 0.6 is 0 Å². The molecule has 0 bridgehead atoms. The van der Waals surface area contributed by atoms with Gasteiger partial charge in [0.15, 0.2) is 6.29 Å². The molecule has 1 amide bonds. The molecule has 53 heavy (non-hydrogen) atoms. The second kappa shape index (κ2) is 12.7. The maximum Gasteiger partial charge on any atom is 0.219 e. The molecule has 1 N–H and O–H groups in total. The molecule has 0 aromatic heterocycles. The number of aliphatic hydroxyl groups is 1. The normalized spacial score (nSPS) is 47.3. The summed E-state index contributed by atoms with van der Waals surface area (Å²) in [5.74, 6) is 0.0931. The average molecular weight is 741 g/mol. The maximum atomic E-state index is 14.0. The van der Waals surface area contributed by atoms with Gasteiger partial charge in [-0.25, -0.2) is 8.78 Å². The highest BCUT2D eigenvalue weighted by Gasteiger charge is 2.84. The summed E-state index contributed by atoms with van der Waals surface area (Å²) >= 11 is 0. The monoisotopic (exact) mass is 740 g/mol. The average Bonchev–Trinajstić information content (AvgIpc) is 3.69. The summed E-state index contributed by atoms with van der Waals surface area (Å²) in [5, 5.41) is 12.7. The van der Waals surface area contributed by atoms with Crippen molar-refractivity contribution in [3.8, 4) is 0 Å². The van der Waals surface area contributed by atoms with E-state index in [1.165, 1.54) is 38.3 Å². The Morgan fingerprint density at radius 1 is 1.02 bits per heavy atom. The number of ether oxygens (including phenoxy) is 4. The van der Waals surface area contributed by atoms with Crippen LogP contribution in [-0.4, -0.2) is 97.0 Å². The quantitative estimate of drug-likeness (QED) is 0.339. The Hall–Kier alpha value is -1.69. The van der Waals surface area contributed by atoms with E-state index in [2.05, 4.69) is 39.5 Å².